The van der Waals surface area contributed by atoms with Crippen molar-refractivity contribution in [2.75, 3.05) is 12.0 Å². The van der Waals surface area contributed by atoms with Gasteiger partial charge in [-0.1, -0.05) is 0 Å². The summed E-state index contributed by atoms with van der Waals surface area (Å²) < 4.78 is 34.7. The van der Waals surface area contributed by atoms with Crippen LogP contribution in [0.5, 0.6) is 0 Å². The van der Waals surface area contributed by atoms with Crippen molar-refractivity contribution in [1.29, 1.82) is 0 Å². The zero-order chi connectivity index (χ0) is 9.35. The van der Waals surface area contributed by atoms with Gasteiger partial charge in [0.2, 0.25) is 0 Å². The van der Waals surface area contributed by atoms with Crippen molar-refractivity contribution >= 4 is 15.5 Å². The van der Waals surface area contributed by atoms with Crippen molar-refractivity contribution in [2.45, 2.75) is 4.90 Å². The zero-order valence-electron chi connectivity index (χ0n) is 6.41. The summed E-state index contributed by atoms with van der Waals surface area (Å²) in [7, 11) is -3.48. The molecule has 0 aromatic heterocycles. The molecular formula is C7H8FNO2S. The molecule has 1 aromatic rings. The van der Waals surface area contributed by atoms with Gasteiger partial charge in [-0.15, -0.1) is 0 Å². The standard InChI is InChI=1S/C7H8FNO2S/c1-12(10,11)7-3-2-5(9)4-6(7)8/h2-4H,9H2,1H3. The highest BCUT2D eigenvalue weighted by atomic mass is 32.2. The van der Waals surface area contributed by atoms with Crippen LogP contribution in [-0.4, -0.2) is 14.7 Å². The Hall–Kier alpha value is -1.10. The summed E-state index contributed by atoms with van der Waals surface area (Å²) in [5.41, 5.74) is 5.44. The first-order valence-electron chi connectivity index (χ1n) is 3.16. The summed E-state index contributed by atoms with van der Waals surface area (Å²) in [4.78, 5) is -0.322. The van der Waals surface area contributed by atoms with E-state index >= 15 is 0 Å². The zero-order valence-corrected chi connectivity index (χ0v) is 7.23. The van der Waals surface area contributed by atoms with E-state index in [1.54, 1.807) is 0 Å². The summed E-state index contributed by atoms with van der Waals surface area (Å²) in [6.07, 6.45) is 0.946. The molecule has 0 spiro atoms. The maximum Gasteiger partial charge on any atom is 0.178 e. The first-order valence-corrected chi connectivity index (χ1v) is 5.05. The average molecular weight is 189 g/mol. The molecule has 66 valence electrons. The molecule has 12 heavy (non-hydrogen) atoms. The molecule has 0 saturated carbocycles. The van der Waals surface area contributed by atoms with Crippen molar-refractivity contribution in [2.24, 2.45) is 0 Å². The van der Waals surface area contributed by atoms with E-state index < -0.39 is 15.7 Å². The molecule has 0 unspecified atom stereocenters. The van der Waals surface area contributed by atoms with Crippen molar-refractivity contribution in [1.82, 2.24) is 0 Å². The minimum Gasteiger partial charge on any atom is -0.399 e. The SMILES string of the molecule is CS(=O)(=O)c1ccc(N)cc1F. The molecule has 3 nitrogen and oxygen atoms in total. The number of hydrogen-bond acceptors (Lipinski definition) is 3. The van der Waals surface area contributed by atoms with Crippen molar-refractivity contribution < 1.29 is 12.8 Å². The third-order valence-corrected chi connectivity index (χ3v) is 2.49. The van der Waals surface area contributed by atoms with Gasteiger partial charge in [0.05, 0.1) is 0 Å². The van der Waals surface area contributed by atoms with Gasteiger partial charge in [0.15, 0.2) is 9.84 Å². The highest BCUT2D eigenvalue weighted by Gasteiger charge is 2.12. The second-order valence-electron chi connectivity index (χ2n) is 2.46. The summed E-state index contributed by atoms with van der Waals surface area (Å²) in [6.45, 7) is 0. The number of hydrogen-bond donors (Lipinski definition) is 1. The molecular weight excluding hydrogens is 181 g/mol. The fourth-order valence-corrected chi connectivity index (χ4v) is 1.55. The van der Waals surface area contributed by atoms with Gasteiger partial charge in [-0.25, -0.2) is 12.8 Å². The van der Waals surface area contributed by atoms with Gasteiger partial charge in [0.25, 0.3) is 0 Å². The van der Waals surface area contributed by atoms with E-state index in [2.05, 4.69) is 0 Å². The molecule has 5 heteroatoms. The molecule has 0 fully saturated rings. The molecule has 0 aliphatic heterocycles. The molecule has 0 amide bonds. The number of nitrogen functional groups attached to an aromatic ring is 1. The summed E-state index contributed by atoms with van der Waals surface area (Å²) in [5, 5.41) is 0. The van der Waals surface area contributed by atoms with Crippen LogP contribution in [-0.2, 0) is 9.84 Å². The van der Waals surface area contributed by atoms with Crippen molar-refractivity contribution in [3.63, 3.8) is 0 Å². The highest BCUT2D eigenvalue weighted by Crippen LogP contribution is 2.16. The molecule has 0 saturated heterocycles. The van der Waals surface area contributed by atoms with Crippen molar-refractivity contribution in [3.05, 3.63) is 24.0 Å². The Morgan fingerprint density at radius 1 is 1.42 bits per heavy atom. The first-order chi connectivity index (χ1) is 5.41. The molecule has 2 N–H and O–H groups in total. The number of halogens is 1. The van der Waals surface area contributed by atoms with Gasteiger partial charge in [-0.3, -0.25) is 0 Å². The number of nitrogens with two attached hydrogens (primary N) is 1. The van der Waals surface area contributed by atoms with E-state index in [4.69, 9.17) is 5.73 Å². The highest BCUT2D eigenvalue weighted by molar-refractivity contribution is 7.90. The minimum absolute atomic E-state index is 0.208. The second-order valence-corrected chi connectivity index (χ2v) is 4.45. The van der Waals surface area contributed by atoms with Crippen LogP contribution in [0, 0.1) is 5.82 Å². The van der Waals surface area contributed by atoms with E-state index in [1.807, 2.05) is 0 Å². The number of rotatable bonds is 1. The predicted molar refractivity (Wildman–Crippen MR) is 43.9 cm³/mol. The van der Waals surface area contributed by atoms with Gasteiger partial charge in [0, 0.05) is 11.9 Å². The summed E-state index contributed by atoms with van der Waals surface area (Å²) >= 11 is 0. The first kappa shape index (κ1) is 8.99. The Bertz CT molecular complexity index is 400. The lowest BCUT2D eigenvalue weighted by Gasteiger charge is -2.00. The van der Waals surface area contributed by atoms with Gasteiger partial charge < -0.3 is 5.73 Å². The quantitative estimate of drug-likeness (QED) is 0.665. The predicted octanol–water partition coefficient (Wildman–Crippen LogP) is 0.811. The maximum atomic E-state index is 12.9. The van der Waals surface area contributed by atoms with Gasteiger partial charge in [-0.05, 0) is 18.2 Å². The molecule has 0 heterocycles. The van der Waals surface area contributed by atoms with Crippen LogP contribution in [0.25, 0.3) is 0 Å². The monoisotopic (exact) mass is 189 g/mol. The Labute approximate surface area is 69.9 Å². The van der Waals surface area contributed by atoms with Crippen LogP contribution in [0.3, 0.4) is 0 Å². The normalized spacial score (nSPS) is 11.5. The van der Waals surface area contributed by atoms with E-state index in [0.717, 1.165) is 18.4 Å². The molecule has 0 bridgehead atoms. The second kappa shape index (κ2) is 2.75. The van der Waals surface area contributed by atoms with Crippen LogP contribution >= 0.6 is 0 Å². The fourth-order valence-electron chi connectivity index (χ4n) is 0.818. The third kappa shape index (κ3) is 1.73. The van der Waals surface area contributed by atoms with Gasteiger partial charge >= 0.3 is 0 Å². The van der Waals surface area contributed by atoms with E-state index in [1.165, 1.54) is 6.07 Å². The van der Waals surface area contributed by atoms with Crippen LogP contribution in [0.15, 0.2) is 23.1 Å². The fraction of sp³-hybridized carbons (Fsp3) is 0.143. The molecule has 0 radical (unpaired) electrons. The van der Waals surface area contributed by atoms with E-state index in [9.17, 15) is 12.8 Å². The number of anilines is 1. The van der Waals surface area contributed by atoms with E-state index in [0.29, 0.717) is 0 Å². The van der Waals surface area contributed by atoms with Crippen LogP contribution < -0.4 is 5.73 Å². The molecule has 1 rings (SSSR count). The average Bonchev–Trinajstić information content (AvgIpc) is 1.83. The Morgan fingerprint density at radius 3 is 2.42 bits per heavy atom. The minimum atomic E-state index is -3.48. The van der Waals surface area contributed by atoms with Crippen LogP contribution in [0.1, 0.15) is 0 Å². The van der Waals surface area contributed by atoms with Crippen LogP contribution in [0.2, 0.25) is 0 Å². The molecule has 0 aliphatic carbocycles. The Morgan fingerprint density at radius 2 is 2.00 bits per heavy atom. The lowest BCUT2D eigenvalue weighted by molar-refractivity contribution is 0.571. The summed E-state index contributed by atoms with van der Waals surface area (Å²) in [6, 6.07) is 3.48. The van der Waals surface area contributed by atoms with Gasteiger partial charge in [0.1, 0.15) is 10.7 Å². The van der Waals surface area contributed by atoms with Gasteiger partial charge in [-0.2, -0.15) is 0 Å². The summed E-state index contributed by atoms with van der Waals surface area (Å²) in [5.74, 6) is -0.808. The van der Waals surface area contributed by atoms with Crippen molar-refractivity contribution in [3.8, 4) is 0 Å². The lowest BCUT2D eigenvalue weighted by Crippen LogP contribution is -2.01. The molecule has 0 atom stereocenters. The Kier molecular flexibility index (Phi) is 2.06. The number of benzene rings is 1. The molecule has 0 aliphatic rings. The Balaban J connectivity index is 3.39. The maximum absolute atomic E-state index is 12.9. The largest absolute Gasteiger partial charge is 0.399 e. The van der Waals surface area contributed by atoms with E-state index in [-0.39, 0.29) is 10.6 Å². The lowest BCUT2D eigenvalue weighted by atomic mass is 10.3. The van der Waals surface area contributed by atoms with Crippen LogP contribution in [0.4, 0.5) is 10.1 Å². The molecule has 1 aromatic carbocycles. The smallest absolute Gasteiger partial charge is 0.178 e. The number of sulfone groups is 1. The third-order valence-electron chi connectivity index (χ3n) is 1.36. The topological polar surface area (TPSA) is 60.2 Å².